The number of aliphatic hydroxyl groups is 2. The molecule has 188 valence electrons. The fraction of sp³-hybridized carbons (Fsp3) is 1.00. The van der Waals surface area contributed by atoms with Gasteiger partial charge in [0.05, 0.1) is 25.9 Å². The Morgan fingerprint density at radius 3 is 1.35 bits per heavy atom. The molecule has 0 aromatic rings. The molecule has 2 N–H and O–H groups in total. The van der Waals surface area contributed by atoms with Crippen LogP contribution in [0.1, 0.15) is 149 Å². The Morgan fingerprint density at radius 1 is 0.581 bits per heavy atom. The molecule has 3 heteroatoms. The van der Waals surface area contributed by atoms with Crippen LogP contribution < -0.4 is 0 Å². The van der Waals surface area contributed by atoms with Gasteiger partial charge in [0.15, 0.2) is 0 Å². The van der Waals surface area contributed by atoms with E-state index in [1.807, 2.05) is 0 Å². The molecule has 2 unspecified atom stereocenters. The fourth-order valence-electron chi connectivity index (χ4n) is 4.60. The first-order valence-electron chi connectivity index (χ1n) is 14.1. The third-order valence-corrected chi connectivity index (χ3v) is 6.58. The number of unbranched alkanes of at least 4 members (excludes halogenated alkanes) is 16. The number of hydrogen-bond donors (Lipinski definition) is 2. The van der Waals surface area contributed by atoms with Crippen molar-refractivity contribution in [2.24, 2.45) is 5.92 Å². The van der Waals surface area contributed by atoms with Crippen LogP contribution in [0, 0.1) is 5.92 Å². The molecule has 0 rings (SSSR count). The Bertz CT molecular complexity index is 321. The van der Waals surface area contributed by atoms with Crippen LogP contribution in [0.4, 0.5) is 0 Å². The summed E-state index contributed by atoms with van der Waals surface area (Å²) in [6.45, 7) is 5.29. The van der Waals surface area contributed by atoms with Crippen molar-refractivity contribution in [3.63, 3.8) is 0 Å². The van der Waals surface area contributed by atoms with Crippen LogP contribution in [-0.2, 0) is 4.74 Å². The smallest absolute Gasteiger partial charge is 0.0776 e. The van der Waals surface area contributed by atoms with Gasteiger partial charge in [-0.25, -0.2) is 0 Å². The predicted molar refractivity (Wildman–Crippen MR) is 136 cm³/mol. The molecule has 0 spiro atoms. The summed E-state index contributed by atoms with van der Waals surface area (Å²) in [5, 5.41) is 19.2. The van der Waals surface area contributed by atoms with E-state index in [1.165, 1.54) is 128 Å². The van der Waals surface area contributed by atoms with E-state index in [0.29, 0.717) is 19.1 Å². The summed E-state index contributed by atoms with van der Waals surface area (Å²) in [4.78, 5) is 0. The maximum Gasteiger partial charge on any atom is 0.0776 e. The minimum atomic E-state index is -0.381. The summed E-state index contributed by atoms with van der Waals surface area (Å²) in [7, 11) is 0. The summed E-state index contributed by atoms with van der Waals surface area (Å²) in [6, 6.07) is 0. The Labute approximate surface area is 195 Å². The average molecular weight is 443 g/mol. The summed E-state index contributed by atoms with van der Waals surface area (Å²) in [5.41, 5.74) is 0. The molecule has 31 heavy (non-hydrogen) atoms. The van der Waals surface area contributed by atoms with Gasteiger partial charge < -0.3 is 14.9 Å². The largest absolute Gasteiger partial charge is 0.394 e. The van der Waals surface area contributed by atoms with Gasteiger partial charge in [-0.2, -0.15) is 0 Å². The first-order valence-corrected chi connectivity index (χ1v) is 14.1. The van der Waals surface area contributed by atoms with Gasteiger partial charge >= 0.3 is 0 Å². The van der Waals surface area contributed by atoms with Gasteiger partial charge in [-0.3, -0.25) is 0 Å². The lowest BCUT2D eigenvalue weighted by molar-refractivity contribution is 0.00965. The molecule has 0 saturated carbocycles. The monoisotopic (exact) mass is 442 g/mol. The molecule has 0 heterocycles. The molecule has 0 aliphatic rings. The zero-order chi connectivity index (χ0) is 22.8. The molecule has 0 aliphatic heterocycles. The Morgan fingerprint density at radius 2 is 0.968 bits per heavy atom. The second kappa shape index (κ2) is 26.1. The molecule has 0 saturated heterocycles. The average Bonchev–Trinajstić information content (AvgIpc) is 2.76. The lowest BCUT2D eigenvalue weighted by atomic mass is 9.89. The standard InChI is InChI=1S/C28H58O3/c1-3-5-7-9-11-13-14-16-18-20-22-27(25-28(30)26-31-24-23-29)21-19-17-15-12-10-8-6-4-2/h27-30H,3-26H2,1-2H3. The minimum Gasteiger partial charge on any atom is -0.394 e. The highest BCUT2D eigenvalue weighted by molar-refractivity contribution is 4.67. The SMILES string of the molecule is CCCCCCCCCCCCC(CCCCCCCCCC)CC(O)COCCO. The molecular weight excluding hydrogens is 384 g/mol. The van der Waals surface area contributed by atoms with Crippen molar-refractivity contribution >= 4 is 0 Å². The normalized spacial score (nSPS) is 13.5. The van der Waals surface area contributed by atoms with Crippen molar-refractivity contribution in [1.29, 1.82) is 0 Å². The van der Waals surface area contributed by atoms with Gasteiger partial charge in [0, 0.05) is 0 Å². The third kappa shape index (κ3) is 24.4. The number of ether oxygens (including phenoxy) is 1. The zero-order valence-electron chi connectivity index (χ0n) is 21.4. The summed E-state index contributed by atoms with van der Waals surface area (Å²) in [6.07, 6.45) is 27.7. The van der Waals surface area contributed by atoms with E-state index < -0.39 is 0 Å². The Balaban J connectivity index is 3.91. The van der Waals surface area contributed by atoms with Crippen LogP contribution in [0.2, 0.25) is 0 Å². The highest BCUT2D eigenvalue weighted by atomic mass is 16.5. The van der Waals surface area contributed by atoms with Crippen molar-refractivity contribution in [1.82, 2.24) is 0 Å². The molecule has 0 amide bonds. The van der Waals surface area contributed by atoms with Gasteiger partial charge in [0.2, 0.25) is 0 Å². The van der Waals surface area contributed by atoms with E-state index in [0.717, 1.165) is 6.42 Å². The van der Waals surface area contributed by atoms with E-state index >= 15 is 0 Å². The van der Waals surface area contributed by atoms with Gasteiger partial charge in [-0.05, 0) is 12.3 Å². The Kier molecular flexibility index (Phi) is 26.0. The van der Waals surface area contributed by atoms with Crippen molar-refractivity contribution in [2.75, 3.05) is 19.8 Å². The van der Waals surface area contributed by atoms with Crippen LogP contribution >= 0.6 is 0 Å². The van der Waals surface area contributed by atoms with E-state index in [2.05, 4.69) is 13.8 Å². The molecule has 2 atom stereocenters. The van der Waals surface area contributed by atoms with E-state index in [4.69, 9.17) is 9.84 Å². The first kappa shape index (κ1) is 30.9. The van der Waals surface area contributed by atoms with Crippen molar-refractivity contribution in [2.45, 2.75) is 155 Å². The summed E-state index contributed by atoms with van der Waals surface area (Å²) < 4.78 is 5.34. The maximum atomic E-state index is 10.3. The van der Waals surface area contributed by atoms with Crippen LogP contribution in [0.3, 0.4) is 0 Å². The molecule has 0 aliphatic carbocycles. The highest BCUT2D eigenvalue weighted by Gasteiger charge is 2.14. The van der Waals surface area contributed by atoms with E-state index in [-0.39, 0.29) is 12.7 Å². The highest BCUT2D eigenvalue weighted by Crippen LogP contribution is 2.24. The van der Waals surface area contributed by atoms with Crippen molar-refractivity contribution in [3.05, 3.63) is 0 Å². The van der Waals surface area contributed by atoms with Crippen LogP contribution in [0.25, 0.3) is 0 Å². The van der Waals surface area contributed by atoms with Crippen LogP contribution in [0.15, 0.2) is 0 Å². The van der Waals surface area contributed by atoms with Crippen LogP contribution in [0.5, 0.6) is 0 Å². The topological polar surface area (TPSA) is 49.7 Å². The van der Waals surface area contributed by atoms with Crippen molar-refractivity contribution in [3.8, 4) is 0 Å². The van der Waals surface area contributed by atoms with Crippen LogP contribution in [-0.4, -0.2) is 36.1 Å². The summed E-state index contributed by atoms with van der Waals surface area (Å²) >= 11 is 0. The lowest BCUT2D eigenvalue weighted by Crippen LogP contribution is -2.20. The number of aliphatic hydroxyl groups excluding tert-OH is 2. The lowest BCUT2D eigenvalue weighted by Gasteiger charge is -2.20. The predicted octanol–water partition coefficient (Wildman–Crippen LogP) is 8.20. The molecule has 0 bridgehead atoms. The Hall–Kier alpha value is -0.120. The van der Waals surface area contributed by atoms with Gasteiger partial charge in [0.25, 0.3) is 0 Å². The second-order valence-electron chi connectivity index (χ2n) is 9.79. The number of hydrogen-bond acceptors (Lipinski definition) is 3. The first-order chi connectivity index (χ1) is 15.2. The van der Waals surface area contributed by atoms with Gasteiger partial charge in [-0.15, -0.1) is 0 Å². The maximum absolute atomic E-state index is 10.3. The van der Waals surface area contributed by atoms with E-state index in [1.54, 1.807) is 0 Å². The second-order valence-corrected chi connectivity index (χ2v) is 9.79. The molecule has 0 aromatic carbocycles. The minimum absolute atomic E-state index is 0.0347. The third-order valence-electron chi connectivity index (χ3n) is 6.58. The van der Waals surface area contributed by atoms with Gasteiger partial charge in [-0.1, -0.05) is 142 Å². The van der Waals surface area contributed by atoms with E-state index in [9.17, 15) is 5.11 Å². The number of rotatable bonds is 26. The zero-order valence-corrected chi connectivity index (χ0v) is 21.4. The molecule has 0 aromatic heterocycles. The molecular formula is C28H58O3. The molecule has 0 radical (unpaired) electrons. The van der Waals surface area contributed by atoms with Crippen molar-refractivity contribution < 1.29 is 14.9 Å². The fourth-order valence-corrected chi connectivity index (χ4v) is 4.60. The molecule has 3 nitrogen and oxygen atoms in total. The van der Waals surface area contributed by atoms with Gasteiger partial charge in [0.1, 0.15) is 0 Å². The molecule has 0 fully saturated rings. The summed E-state index contributed by atoms with van der Waals surface area (Å²) in [5.74, 6) is 0.627. The quantitative estimate of drug-likeness (QED) is 0.133.